The molecule has 1 aromatic carbocycles. The fraction of sp³-hybridized carbons (Fsp3) is 0.381. The summed E-state index contributed by atoms with van der Waals surface area (Å²) in [6.45, 7) is 0. The third-order valence-corrected chi connectivity index (χ3v) is 7.21. The number of nitrogens with zero attached hydrogens (tertiary/aromatic N) is 3. The van der Waals surface area contributed by atoms with E-state index >= 15 is 0 Å². The van der Waals surface area contributed by atoms with Crippen molar-refractivity contribution in [3.05, 3.63) is 51.6 Å². The minimum Gasteiger partial charge on any atom is -0.342 e. The zero-order valence-corrected chi connectivity index (χ0v) is 18.1. The van der Waals surface area contributed by atoms with Crippen LogP contribution in [0.3, 0.4) is 0 Å². The minimum atomic E-state index is -0.785. The maximum atomic E-state index is 13.8. The molecule has 0 bridgehead atoms. The van der Waals surface area contributed by atoms with Gasteiger partial charge in [-0.2, -0.15) is 0 Å². The van der Waals surface area contributed by atoms with Crippen LogP contribution in [0.5, 0.6) is 0 Å². The number of rotatable bonds is 5. The summed E-state index contributed by atoms with van der Waals surface area (Å²) >= 11 is 2.33. The van der Waals surface area contributed by atoms with Gasteiger partial charge in [0.15, 0.2) is 5.16 Å². The molecule has 5 nitrogen and oxygen atoms in total. The first-order valence-electron chi connectivity index (χ1n) is 9.79. The normalized spacial score (nSPS) is 14.9. The molecule has 0 aliphatic heterocycles. The molecule has 0 N–H and O–H groups in total. The Labute approximate surface area is 180 Å². The van der Waals surface area contributed by atoms with Gasteiger partial charge in [-0.3, -0.25) is 14.2 Å². The molecule has 0 spiro atoms. The molecule has 3 aromatic rings. The van der Waals surface area contributed by atoms with Crippen molar-refractivity contribution in [1.82, 2.24) is 14.5 Å². The lowest BCUT2D eigenvalue weighted by Crippen LogP contribution is -2.39. The Morgan fingerprint density at radius 2 is 1.93 bits per heavy atom. The molecular formula is C21H21F2N3O2S2. The number of carbonyl (C=O) groups is 1. The fourth-order valence-electron chi connectivity index (χ4n) is 3.79. The Hall–Kier alpha value is -2.26. The van der Waals surface area contributed by atoms with E-state index in [1.165, 1.54) is 22.3 Å². The Bertz CT molecular complexity index is 1120. The van der Waals surface area contributed by atoms with Crippen LogP contribution in [-0.4, -0.2) is 39.2 Å². The summed E-state index contributed by atoms with van der Waals surface area (Å²) in [5.74, 6) is -1.53. The van der Waals surface area contributed by atoms with Crippen LogP contribution in [0.25, 0.3) is 15.9 Å². The van der Waals surface area contributed by atoms with Gasteiger partial charge >= 0.3 is 0 Å². The number of aromatic nitrogens is 2. The van der Waals surface area contributed by atoms with Gasteiger partial charge in [-0.1, -0.05) is 31.0 Å². The summed E-state index contributed by atoms with van der Waals surface area (Å²) in [6, 6.07) is 4.88. The number of thiophene rings is 1. The molecule has 0 unspecified atom stereocenters. The van der Waals surface area contributed by atoms with Crippen LogP contribution in [0, 0.1) is 11.6 Å². The van der Waals surface area contributed by atoms with Gasteiger partial charge in [0.1, 0.15) is 16.3 Å². The Morgan fingerprint density at radius 3 is 2.63 bits per heavy atom. The average Bonchev–Trinajstić information content (AvgIpc) is 3.20. The molecule has 1 saturated carbocycles. The lowest BCUT2D eigenvalue weighted by Gasteiger charge is -2.31. The minimum absolute atomic E-state index is 0.0517. The van der Waals surface area contributed by atoms with E-state index in [-0.39, 0.29) is 28.5 Å². The predicted octanol–water partition coefficient (Wildman–Crippen LogP) is 4.61. The predicted molar refractivity (Wildman–Crippen MR) is 116 cm³/mol. The topological polar surface area (TPSA) is 55.2 Å². The molecule has 0 radical (unpaired) electrons. The molecule has 0 saturated heterocycles. The van der Waals surface area contributed by atoms with Crippen molar-refractivity contribution in [3.63, 3.8) is 0 Å². The van der Waals surface area contributed by atoms with Gasteiger partial charge < -0.3 is 4.90 Å². The van der Waals surface area contributed by atoms with Gasteiger partial charge in [0, 0.05) is 19.2 Å². The summed E-state index contributed by atoms with van der Waals surface area (Å²) in [5, 5.41) is 1.98. The largest absolute Gasteiger partial charge is 0.342 e. The number of hydrogen-bond acceptors (Lipinski definition) is 5. The molecule has 30 heavy (non-hydrogen) atoms. The van der Waals surface area contributed by atoms with Gasteiger partial charge in [-0.25, -0.2) is 13.8 Å². The van der Waals surface area contributed by atoms with Gasteiger partial charge in [0.25, 0.3) is 5.56 Å². The lowest BCUT2D eigenvalue weighted by molar-refractivity contribution is -0.129. The molecular weight excluding hydrogens is 428 g/mol. The zero-order chi connectivity index (χ0) is 21.3. The molecule has 158 valence electrons. The molecule has 1 aliphatic rings. The standard InChI is InChI=1S/C21H21F2N3O2S2/c1-25(15-5-3-2-4-6-15)18(27)12-30-21-24-17-7-8-29-19(17)20(28)26(21)16-10-13(22)9-14(23)11-16/h7-11,15H,2-6,12H2,1H3. The molecule has 4 rings (SSSR count). The highest BCUT2D eigenvalue weighted by atomic mass is 32.2. The number of amides is 1. The number of hydrogen-bond donors (Lipinski definition) is 0. The van der Waals surface area contributed by atoms with Crippen molar-refractivity contribution in [3.8, 4) is 5.69 Å². The van der Waals surface area contributed by atoms with E-state index < -0.39 is 17.2 Å². The summed E-state index contributed by atoms with van der Waals surface area (Å²) in [5.41, 5.74) is 0.153. The lowest BCUT2D eigenvalue weighted by atomic mass is 9.94. The van der Waals surface area contributed by atoms with Crippen molar-refractivity contribution >= 4 is 39.2 Å². The van der Waals surface area contributed by atoms with Crippen LogP contribution in [0.4, 0.5) is 8.78 Å². The highest BCUT2D eigenvalue weighted by Gasteiger charge is 2.23. The highest BCUT2D eigenvalue weighted by molar-refractivity contribution is 7.99. The van der Waals surface area contributed by atoms with Gasteiger partial charge in [0.2, 0.25) is 5.91 Å². The summed E-state index contributed by atoms with van der Waals surface area (Å²) in [6.07, 6.45) is 5.44. The van der Waals surface area contributed by atoms with Crippen molar-refractivity contribution in [1.29, 1.82) is 0 Å². The Morgan fingerprint density at radius 1 is 1.23 bits per heavy atom. The second kappa shape index (κ2) is 8.85. The van der Waals surface area contributed by atoms with Crippen LogP contribution in [-0.2, 0) is 4.79 Å². The van der Waals surface area contributed by atoms with E-state index in [1.54, 1.807) is 16.3 Å². The fourth-order valence-corrected chi connectivity index (χ4v) is 5.48. The molecule has 0 atom stereocenters. The van der Waals surface area contributed by atoms with Crippen LogP contribution >= 0.6 is 23.1 Å². The first kappa shape index (κ1) is 21.0. The summed E-state index contributed by atoms with van der Waals surface area (Å²) in [7, 11) is 1.81. The summed E-state index contributed by atoms with van der Waals surface area (Å²) < 4.78 is 29.2. The van der Waals surface area contributed by atoms with E-state index in [1.807, 2.05) is 7.05 Å². The average molecular weight is 450 g/mol. The van der Waals surface area contributed by atoms with Gasteiger partial charge in [-0.05, 0) is 36.4 Å². The molecule has 1 amide bonds. The van der Waals surface area contributed by atoms with Crippen LogP contribution in [0.2, 0.25) is 0 Å². The van der Waals surface area contributed by atoms with Crippen LogP contribution < -0.4 is 5.56 Å². The third kappa shape index (κ3) is 4.27. The second-order valence-corrected chi connectivity index (χ2v) is 9.24. The number of fused-ring (bicyclic) bond motifs is 1. The van der Waals surface area contributed by atoms with E-state index in [0.717, 1.165) is 55.6 Å². The van der Waals surface area contributed by atoms with Crippen LogP contribution in [0.1, 0.15) is 32.1 Å². The van der Waals surface area contributed by atoms with E-state index in [2.05, 4.69) is 4.98 Å². The van der Waals surface area contributed by atoms with Gasteiger partial charge in [-0.15, -0.1) is 11.3 Å². The highest BCUT2D eigenvalue weighted by Crippen LogP contribution is 2.26. The summed E-state index contributed by atoms with van der Waals surface area (Å²) in [4.78, 5) is 32.1. The number of carbonyl (C=O) groups excluding carboxylic acids is 1. The second-order valence-electron chi connectivity index (χ2n) is 7.38. The van der Waals surface area contributed by atoms with Crippen molar-refractivity contribution in [2.45, 2.75) is 43.3 Å². The first-order chi connectivity index (χ1) is 14.4. The van der Waals surface area contributed by atoms with Gasteiger partial charge in [0.05, 0.1) is 17.0 Å². The zero-order valence-electron chi connectivity index (χ0n) is 16.4. The molecule has 2 heterocycles. The van der Waals surface area contributed by atoms with Crippen LogP contribution in [0.15, 0.2) is 39.6 Å². The molecule has 1 aliphatic carbocycles. The SMILES string of the molecule is CN(C(=O)CSc1nc2ccsc2c(=O)n1-c1cc(F)cc(F)c1)C1CCCCC1. The van der Waals surface area contributed by atoms with Crippen molar-refractivity contribution in [2.75, 3.05) is 12.8 Å². The smallest absolute Gasteiger partial charge is 0.276 e. The first-order valence-corrected chi connectivity index (χ1v) is 11.7. The van der Waals surface area contributed by atoms with Crippen molar-refractivity contribution < 1.29 is 13.6 Å². The monoisotopic (exact) mass is 449 g/mol. The third-order valence-electron chi connectivity index (χ3n) is 5.40. The molecule has 1 fully saturated rings. The van der Waals surface area contributed by atoms with E-state index in [4.69, 9.17) is 0 Å². The molecule has 9 heteroatoms. The number of benzene rings is 1. The number of halogens is 2. The molecule has 2 aromatic heterocycles. The quantitative estimate of drug-likeness (QED) is 0.422. The number of thioether (sulfide) groups is 1. The van der Waals surface area contributed by atoms with E-state index in [0.29, 0.717) is 10.2 Å². The Balaban J connectivity index is 1.66. The van der Waals surface area contributed by atoms with Crippen molar-refractivity contribution in [2.24, 2.45) is 0 Å². The Kier molecular flexibility index (Phi) is 6.19. The van der Waals surface area contributed by atoms with E-state index in [9.17, 15) is 18.4 Å². The maximum Gasteiger partial charge on any atom is 0.276 e. The maximum absolute atomic E-state index is 13.8.